The Morgan fingerprint density at radius 1 is 1.00 bits per heavy atom. The number of imidazole rings is 2. The Bertz CT molecular complexity index is 1060. The van der Waals surface area contributed by atoms with Crippen molar-refractivity contribution in [3.05, 3.63) is 79.3 Å². The van der Waals surface area contributed by atoms with E-state index in [1.165, 1.54) is 5.56 Å². The molecule has 1 N–H and O–H groups in total. The molecule has 0 radical (unpaired) electrons. The van der Waals surface area contributed by atoms with Crippen molar-refractivity contribution in [2.75, 3.05) is 26.3 Å². The molecule has 1 fully saturated rings. The molecule has 1 saturated heterocycles. The number of hydrogen-bond acceptors (Lipinski definition) is 5. The first-order chi connectivity index (χ1) is 14.9. The number of ether oxygens (including phenoxy) is 1. The van der Waals surface area contributed by atoms with Gasteiger partial charge in [0.2, 0.25) is 0 Å². The third-order valence-corrected chi connectivity index (χ3v) is 5.59. The van der Waals surface area contributed by atoms with E-state index in [1.54, 1.807) is 6.33 Å². The molecule has 1 aliphatic heterocycles. The Balaban J connectivity index is 1.56. The fourth-order valence-corrected chi connectivity index (χ4v) is 4.09. The van der Waals surface area contributed by atoms with E-state index in [0.717, 1.165) is 55.5 Å². The molecule has 4 aromatic rings. The lowest BCUT2D eigenvalue weighted by atomic mass is 10.0. The molecular weight excluding hydrogens is 376 g/mol. The Morgan fingerprint density at radius 2 is 1.80 bits per heavy atom. The number of nitrogens with one attached hydrogen (secondary N) is 1. The average molecular weight is 400 g/mol. The van der Waals surface area contributed by atoms with E-state index < -0.39 is 0 Å². The first-order valence-electron chi connectivity index (χ1n) is 10.2. The van der Waals surface area contributed by atoms with Gasteiger partial charge in [-0.1, -0.05) is 30.3 Å². The summed E-state index contributed by atoms with van der Waals surface area (Å²) < 4.78 is 7.83. The minimum Gasteiger partial charge on any atom is -0.379 e. The number of benzene rings is 1. The zero-order valence-corrected chi connectivity index (χ0v) is 16.7. The molecule has 0 spiro atoms. The summed E-state index contributed by atoms with van der Waals surface area (Å²) in [6.07, 6.45) is 9.23. The molecule has 1 aromatic carbocycles. The molecular formula is C23H24N6O. The van der Waals surface area contributed by atoms with Gasteiger partial charge in [-0.3, -0.25) is 9.88 Å². The molecule has 1 aliphatic rings. The highest BCUT2D eigenvalue weighted by molar-refractivity contribution is 5.76. The molecule has 7 heteroatoms. The van der Waals surface area contributed by atoms with Crippen molar-refractivity contribution >= 4 is 0 Å². The van der Waals surface area contributed by atoms with Crippen molar-refractivity contribution in [1.82, 2.24) is 29.4 Å². The van der Waals surface area contributed by atoms with Crippen LogP contribution in [0, 0.1) is 0 Å². The van der Waals surface area contributed by atoms with Gasteiger partial charge in [-0.05, 0) is 17.7 Å². The average Bonchev–Trinajstić information content (AvgIpc) is 3.49. The number of aromatic nitrogens is 5. The summed E-state index contributed by atoms with van der Waals surface area (Å²) in [6.45, 7) is 4.11. The Kier molecular flexibility index (Phi) is 5.37. The van der Waals surface area contributed by atoms with Crippen LogP contribution >= 0.6 is 0 Å². The van der Waals surface area contributed by atoms with Crippen molar-refractivity contribution < 1.29 is 4.74 Å². The van der Waals surface area contributed by atoms with Crippen LogP contribution in [0.15, 0.2) is 73.7 Å². The van der Waals surface area contributed by atoms with Gasteiger partial charge in [-0.2, -0.15) is 0 Å². The molecule has 0 bridgehead atoms. The van der Waals surface area contributed by atoms with Gasteiger partial charge in [-0.15, -0.1) is 0 Å². The summed E-state index contributed by atoms with van der Waals surface area (Å²) in [5.41, 5.74) is 5.30. The van der Waals surface area contributed by atoms with Crippen LogP contribution in [-0.4, -0.2) is 55.7 Å². The Morgan fingerprint density at radius 3 is 2.53 bits per heavy atom. The van der Waals surface area contributed by atoms with Crippen LogP contribution < -0.4 is 0 Å². The summed E-state index contributed by atoms with van der Waals surface area (Å²) in [7, 11) is 0. The maximum atomic E-state index is 5.59. The van der Waals surface area contributed by atoms with Crippen LogP contribution in [-0.2, 0) is 11.3 Å². The van der Waals surface area contributed by atoms with E-state index in [9.17, 15) is 0 Å². The van der Waals surface area contributed by atoms with E-state index in [4.69, 9.17) is 9.72 Å². The second-order valence-electron chi connectivity index (χ2n) is 7.37. The summed E-state index contributed by atoms with van der Waals surface area (Å²) >= 11 is 0. The second-order valence-corrected chi connectivity index (χ2v) is 7.37. The molecule has 3 aromatic heterocycles. The Hall–Kier alpha value is -3.29. The summed E-state index contributed by atoms with van der Waals surface area (Å²) in [5.74, 6) is 0. The van der Waals surface area contributed by atoms with Crippen LogP contribution in [0.2, 0.25) is 0 Å². The quantitative estimate of drug-likeness (QED) is 0.537. The van der Waals surface area contributed by atoms with Gasteiger partial charge < -0.3 is 14.3 Å². The molecule has 4 heterocycles. The second kappa shape index (κ2) is 8.61. The van der Waals surface area contributed by atoms with E-state index in [0.29, 0.717) is 0 Å². The van der Waals surface area contributed by atoms with Gasteiger partial charge in [-0.25, -0.2) is 9.97 Å². The topological polar surface area (TPSA) is 71.9 Å². The van der Waals surface area contributed by atoms with E-state index in [1.807, 2.05) is 43.1 Å². The maximum absolute atomic E-state index is 5.59. The van der Waals surface area contributed by atoms with E-state index >= 15 is 0 Å². The minimum absolute atomic E-state index is 0.205. The normalized spacial score (nSPS) is 15.9. The predicted molar refractivity (Wildman–Crippen MR) is 115 cm³/mol. The molecule has 5 rings (SSSR count). The summed E-state index contributed by atoms with van der Waals surface area (Å²) in [6, 6.07) is 14.7. The first kappa shape index (κ1) is 18.7. The van der Waals surface area contributed by atoms with Crippen molar-refractivity contribution in [3.63, 3.8) is 0 Å². The van der Waals surface area contributed by atoms with E-state index in [-0.39, 0.29) is 6.04 Å². The Labute approximate surface area is 175 Å². The van der Waals surface area contributed by atoms with Crippen LogP contribution in [0.25, 0.3) is 22.6 Å². The molecule has 7 nitrogen and oxygen atoms in total. The van der Waals surface area contributed by atoms with Crippen molar-refractivity contribution in [1.29, 1.82) is 0 Å². The van der Waals surface area contributed by atoms with Crippen LogP contribution in [0.4, 0.5) is 0 Å². The summed E-state index contributed by atoms with van der Waals surface area (Å²) in [5, 5.41) is 0. The number of morpholine rings is 1. The molecule has 152 valence electrons. The van der Waals surface area contributed by atoms with Gasteiger partial charge in [0, 0.05) is 37.6 Å². The lowest BCUT2D eigenvalue weighted by Crippen LogP contribution is -2.40. The minimum atomic E-state index is 0.205. The number of nitrogens with zero attached hydrogens (tertiary/aromatic N) is 5. The van der Waals surface area contributed by atoms with Crippen LogP contribution in [0.3, 0.4) is 0 Å². The summed E-state index contributed by atoms with van der Waals surface area (Å²) in [4.78, 5) is 19.0. The monoisotopic (exact) mass is 400 g/mol. The van der Waals surface area contributed by atoms with Crippen LogP contribution in [0.5, 0.6) is 0 Å². The van der Waals surface area contributed by atoms with Crippen molar-refractivity contribution in [3.8, 4) is 22.6 Å². The number of aromatic amines is 1. The number of hydrogen-bond donors (Lipinski definition) is 1. The molecule has 0 saturated carbocycles. The third-order valence-electron chi connectivity index (χ3n) is 5.59. The smallest absolute Gasteiger partial charge is 0.0979 e. The molecule has 30 heavy (non-hydrogen) atoms. The predicted octanol–water partition coefficient (Wildman–Crippen LogP) is 3.41. The molecule has 1 atom stereocenters. The zero-order valence-electron chi connectivity index (χ0n) is 16.7. The largest absolute Gasteiger partial charge is 0.379 e. The number of rotatable bonds is 6. The molecule has 0 unspecified atom stereocenters. The van der Waals surface area contributed by atoms with Gasteiger partial charge in [0.15, 0.2) is 0 Å². The molecule has 0 aliphatic carbocycles. The van der Waals surface area contributed by atoms with Crippen molar-refractivity contribution in [2.45, 2.75) is 12.6 Å². The van der Waals surface area contributed by atoms with Gasteiger partial charge in [0.25, 0.3) is 0 Å². The van der Waals surface area contributed by atoms with Gasteiger partial charge in [0.05, 0.1) is 55.2 Å². The number of H-pyrrole nitrogens is 1. The standard InChI is InChI=1S/C23H24N6O/c1-2-4-19(5-3-1)22-23(20-14-25-16-26-20)29(17-27-22)15-21(18-6-8-24-9-7-18)28-10-12-30-13-11-28/h1-9,14,16-17,21H,10-13,15H2,(H,25,26)/t21-/m1/s1. The lowest BCUT2D eigenvalue weighted by Gasteiger charge is -2.35. The molecule has 0 amide bonds. The SMILES string of the molecule is c1ccc(-c2ncn(C[C@H](c3ccncc3)N3CCOCC3)c2-c2cnc[nH]2)cc1. The highest BCUT2D eigenvalue weighted by atomic mass is 16.5. The van der Waals surface area contributed by atoms with Crippen molar-refractivity contribution in [2.24, 2.45) is 0 Å². The van der Waals surface area contributed by atoms with Gasteiger partial charge in [0.1, 0.15) is 0 Å². The lowest BCUT2D eigenvalue weighted by molar-refractivity contribution is 0.0124. The number of pyridine rings is 1. The zero-order chi connectivity index (χ0) is 20.2. The third kappa shape index (κ3) is 3.77. The van der Waals surface area contributed by atoms with Crippen LogP contribution in [0.1, 0.15) is 11.6 Å². The first-order valence-corrected chi connectivity index (χ1v) is 10.2. The van der Waals surface area contributed by atoms with E-state index in [2.05, 4.69) is 48.7 Å². The fourth-order valence-electron chi connectivity index (χ4n) is 4.09. The van der Waals surface area contributed by atoms with Gasteiger partial charge >= 0.3 is 0 Å². The maximum Gasteiger partial charge on any atom is 0.0979 e. The fraction of sp³-hybridized carbons (Fsp3) is 0.261. The highest BCUT2D eigenvalue weighted by Gasteiger charge is 2.25. The highest BCUT2D eigenvalue weighted by Crippen LogP contribution is 2.32.